The van der Waals surface area contributed by atoms with Gasteiger partial charge in [-0.1, -0.05) is 0 Å². The highest BCUT2D eigenvalue weighted by Crippen LogP contribution is 2.35. The highest BCUT2D eigenvalue weighted by molar-refractivity contribution is 6.04. The first-order valence-electron chi connectivity index (χ1n) is 4.63. The summed E-state index contributed by atoms with van der Waals surface area (Å²) >= 11 is 0. The molecule has 0 aliphatic carbocycles. The predicted octanol–water partition coefficient (Wildman–Crippen LogP) is -0.295. The van der Waals surface area contributed by atoms with Crippen LogP contribution in [0.2, 0.25) is 0 Å². The van der Waals surface area contributed by atoms with E-state index in [-0.39, 0.29) is 0 Å². The van der Waals surface area contributed by atoms with Crippen LogP contribution in [0.4, 0.5) is 0 Å². The van der Waals surface area contributed by atoms with E-state index in [0.717, 1.165) is 0 Å². The smallest absolute Gasteiger partial charge is 0.185 e. The maximum atomic E-state index is 2.57. The van der Waals surface area contributed by atoms with Gasteiger partial charge in [0.05, 0.1) is 0 Å². The molecule has 0 aromatic heterocycles. The Morgan fingerprint density at radius 2 is 2.09 bits per heavy atom. The topological polar surface area (TPSA) is 6.48 Å². The zero-order valence-corrected chi connectivity index (χ0v) is 7.64. The number of likely N-dealkylation sites (tertiary alicyclic amines) is 1. The molecule has 62 valence electrons. The molecule has 2 nitrogen and oxygen atoms in total. The lowest BCUT2D eigenvalue weighted by molar-refractivity contribution is 0.188. The first-order valence-corrected chi connectivity index (χ1v) is 4.63. The summed E-state index contributed by atoms with van der Waals surface area (Å²) < 4.78 is 0. The highest BCUT2D eigenvalue weighted by atomic mass is 15.3. The Labute approximate surface area is 70.0 Å². The molecule has 2 rings (SSSR count). The van der Waals surface area contributed by atoms with Crippen LogP contribution in [0.15, 0.2) is 0 Å². The minimum Gasteiger partial charge on any atom is -0.347 e. The van der Waals surface area contributed by atoms with E-state index < -0.39 is 0 Å². The summed E-state index contributed by atoms with van der Waals surface area (Å²) in [4.78, 5) is 5.03. The van der Waals surface area contributed by atoms with Gasteiger partial charge in [0, 0.05) is 12.1 Å². The SMILES string of the molecule is BN1CCC2(CCCN2C)C1. The second-order valence-electron chi connectivity index (χ2n) is 4.24. The average Bonchev–Trinajstić information content (AvgIpc) is 2.46. The molecular weight excluding hydrogens is 135 g/mol. The van der Waals surface area contributed by atoms with Gasteiger partial charge in [-0.25, -0.2) is 0 Å². The molecule has 3 heteroatoms. The highest BCUT2D eigenvalue weighted by Gasteiger charge is 2.42. The van der Waals surface area contributed by atoms with Gasteiger partial charge in [0.2, 0.25) is 0 Å². The molecule has 0 amide bonds. The zero-order valence-electron chi connectivity index (χ0n) is 7.64. The predicted molar refractivity (Wildman–Crippen MR) is 49.3 cm³/mol. The molecule has 2 aliphatic heterocycles. The monoisotopic (exact) mass is 152 g/mol. The van der Waals surface area contributed by atoms with Crippen LogP contribution in [0.5, 0.6) is 0 Å². The molecule has 0 bridgehead atoms. The number of hydrogen-bond donors (Lipinski definition) is 0. The summed E-state index contributed by atoms with van der Waals surface area (Å²) in [5, 5.41) is 0. The largest absolute Gasteiger partial charge is 0.347 e. The third-order valence-electron chi connectivity index (χ3n) is 3.47. The molecule has 0 radical (unpaired) electrons. The first-order chi connectivity index (χ1) is 5.23. The molecule has 2 aliphatic rings. The van der Waals surface area contributed by atoms with Gasteiger partial charge in [-0.2, -0.15) is 0 Å². The molecule has 0 N–H and O–H groups in total. The number of nitrogens with zero attached hydrogens (tertiary/aromatic N) is 2. The van der Waals surface area contributed by atoms with E-state index in [0.29, 0.717) is 5.54 Å². The summed E-state index contributed by atoms with van der Waals surface area (Å²) in [5.74, 6) is 0. The number of likely N-dealkylation sites (N-methyl/N-ethyl adjacent to an activating group) is 1. The Morgan fingerprint density at radius 3 is 2.55 bits per heavy atom. The molecular formula is C8H17BN2. The molecule has 2 saturated heterocycles. The summed E-state index contributed by atoms with van der Waals surface area (Å²) in [6.45, 7) is 3.90. The normalized spacial score (nSPS) is 40.8. The van der Waals surface area contributed by atoms with Crippen molar-refractivity contribution >= 4 is 7.98 Å². The minimum absolute atomic E-state index is 0.578. The Kier molecular flexibility index (Phi) is 1.73. The van der Waals surface area contributed by atoms with Gasteiger partial charge in [-0.3, -0.25) is 4.90 Å². The lowest BCUT2D eigenvalue weighted by atomic mass is 9.95. The van der Waals surface area contributed by atoms with E-state index in [1.165, 1.54) is 38.9 Å². The zero-order chi connectivity index (χ0) is 7.90. The molecule has 11 heavy (non-hydrogen) atoms. The van der Waals surface area contributed by atoms with Crippen LogP contribution in [0.3, 0.4) is 0 Å². The van der Waals surface area contributed by atoms with Crippen molar-refractivity contribution in [2.75, 3.05) is 26.7 Å². The van der Waals surface area contributed by atoms with Gasteiger partial charge in [-0.15, -0.1) is 0 Å². The van der Waals surface area contributed by atoms with E-state index in [1.807, 2.05) is 0 Å². The van der Waals surface area contributed by atoms with Crippen LogP contribution in [0.25, 0.3) is 0 Å². The first kappa shape index (κ1) is 7.62. The Morgan fingerprint density at radius 1 is 1.27 bits per heavy atom. The lowest BCUT2D eigenvalue weighted by Crippen LogP contribution is -2.43. The van der Waals surface area contributed by atoms with Crippen LogP contribution < -0.4 is 0 Å². The summed E-state index contributed by atoms with van der Waals surface area (Å²) in [6, 6.07) is 0. The van der Waals surface area contributed by atoms with Crippen molar-refractivity contribution in [3.8, 4) is 0 Å². The second kappa shape index (κ2) is 2.49. The fraction of sp³-hybridized carbons (Fsp3) is 1.00. The maximum absolute atomic E-state index is 2.57. The Hall–Kier alpha value is -0.0151. The molecule has 1 spiro atoms. The molecule has 0 aromatic rings. The number of hydrogen-bond acceptors (Lipinski definition) is 2. The third kappa shape index (κ3) is 1.11. The van der Waals surface area contributed by atoms with E-state index in [1.54, 1.807) is 0 Å². The fourth-order valence-corrected chi connectivity index (χ4v) is 2.65. The quantitative estimate of drug-likeness (QED) is 0.440. The van der Waals surface area contributed by atoms with E-state index in [9.17, 15) is 0 Å². The summed E-state index contributed by atoms with van der Waals surface area (Å²) in [5.41, 5.74) is 0.578. The van der Waals surface area contributed by atoms with Gasteiger partial charge in [0.15, 0.2) is 7.98 Å². The summed E-state index contributed by atoms with van der Waals surface area (Å²) in [6.07, 6.45) is 4.22. The van der Waals surface area contributed by atoms with Crippen LogP contribution in [0.1, 0.15) is 19.3 Å². The van der Waals surface area contributed by atoms with E-state index in [4.69, 9.17) is 0 Å². The van der Waals surface area contributed by atoms with Crippen molar-refractivity contribution in [1.82, 2.24) is 9.71 Å². The van der Waals surface area contributed by atoms with Crippen LogP contribution >= 0.6 is 0 Å². The summed E-state index contributed by atoms with van der Waals surface area (Å²) in [7, 11) is 4.52. The number of rotatable bonds is 0. The molecule has 2 fully saturated rings. The maximum Gasteiger partial charge on any atom is 0.185 e. The third-order valence-corrected chi connectivity index (χ3v) is 3.47. The van der Waals surface area contributed by atoms with Gasteiger partial charge in [-0.05, 0) is 39.4 Å². The van der Waals surface area contributed by atoms with Crippen molar-refractivity contribution < 1.29 is 0 Å². The molecule has 0 aromatic carbocycles. The second-order valence-corrected chi connectivity index (χ2v) is 4.24. The van der Waals surface area contributed by atoms with Gasteiger partial charge >= 0.3 is 0 Å². The van der Waals surface area contributed by atoms with Gasteiger partial charge in [0.1, 0.15) is 0 Å². The molecule has 0 saturated carbocycles. The molecule has 2 heterocycles. The van der Waals surface area contributed by atoms with Crippen LogP contribution in [-0.2, 0) is 0 Å². The van der Waals surface area contributed by atoms with Crippen molar-refractivity contribution in [1.29, 1.82) is 0 Å². The Bertz CT molecular complexity index is 162. The van der Waals surface area contributed by atoms with Crippen molar-refractivity contribution in [2.24, 2.45) is 0 Å². The van der Waals surface area contributed by atoms with Crippen molar-refractivity contribution in [3.05, 3.63) is 0 Å². The fourth-order valence-electron chi connectivity index (χ4n) is 2.65. The van der Waals surface area contributed by atoms with Gasteiger partial charge < -0.3 is 4.81 Å². The van der Waals surface area contributed by atoms with E-state index in [2.05, 4.69) is 24.7 Å². The van der Waals surface area contributed by atoms with Crippen LogP contribution in [0, 0.1) is 0 Å². The van der Waals surface area contributed by atoms with Crippen molar-refractivity contribution in [3.63, 3.8) is 0 Å². The van der Waals surface area contributed by atoms with E-state index >= 15 is 0 Å². The van der Waals surface area contributed by atoms with Crippen molar-refractivity contribution in [2.45, 2.75) is 24.8 Å². The van der Waals surface area contributed by atoms with Gasteiger partial charge in [0.25, 0.3) is 0 Å². The minimum atomic E-state index is 0.578. The lowest BCUT2D eigenvalue weighted by Gasteiger charge is -2.31. The Balaban J connectivity index is 2.10. The molecule has 1 unspecified atom stereocenters. The molecule has 1 atom stereocenters. The van der Waals surface area contributed by atoms with Crippen LogP contribution in [-0.4, -0.2) is 49.9 Å². The average molecular weight is 152 g/mol. The standard InChI is InChI=1S/C8H17BN2/c1-10-5-2-3-8(10)4-6-11(9)7-8/h2-7,9H2,1H3.